The summed E-state index contributed by atoms with van der Waals surface area (Å²) in [7, 11) is 1.70. The summed E-state index contributed by atoms with van der Waals surface area (Å²) >= 11 is 0. The third-order valence-electron chi connectivity index (χ3n) is 2.30. The number of hydrogen-bond acceptors (Lipinski definition) is 3. The number of nitrogens with zero attached hydrogens (tertiary/aromatic N) is 2. The molecule has 0 amide bonds. The Morgan fingerprint density at radius 2 is 2.00 bits per heavy atom. The standard InChI is InChI=1S/C8H14N2O.C2H6/c1-8(2)4-7(11-3)5-10(8)6-9;1-2/h7H,4-5H2,1-3H3;1-2H3. The highest BCUT2D eigenvalue weighted by molar-refractivity contribution is 4.99. The van der Waals surface area contributed by atoms with E-state index in [2.05, 4.69) is 20.0 Å². The minimum atomic E-state index is -0.0184. The lowest BCUT2D eigenvalue weighted by Crippen LogP contribution is -2.33. The van der Waals surface area contributed by atoms with Crippen molar-refractivity contribution in [3.05, 3.63) is 0 Å². The molecule has 1 aliphatic rings. The Kier molecular flexibility index (Phi) is 4.79. The van der Waals surface area contributed by atoms with Gasteiger partial charge >= 0.3 is 0 Å². The van der Waals surface area contributed by atoms with Crippen LogP contribution in [-0.2, 0) is 4.74 Å². The van der Waals surface area contributed by atoms with Crippen molar-refractivity contribution in [3.63, 3.8) is 0 Å². The number of likely N-dealkylation sites (tertiary alicyclic amines) is 1. The highest BCUT2D eigenvalue weighted by Crippen LogP contribution is 2.28. The van der Waals surface area contributed by atoms with E-state index in [1.807, 2.05) is 13.8 Å². The lowest BCUT2D eigenvalue weighted by molar-refractivity contribution is 0.112. The first-order valence-electron chi connectivity index (χ1n) is 4.80. The van der Waals surface area contributed by atoms with E-state index < -0.39 is 0 Å². The fourth-order valence-electron chi connectivity index (χ4n) is 1.52. The molecule has 1 rings (SSSR count). The van der Waals surface area contributed by atoms with Gasteiger partial charge in [-0.2, -0.15) is 5.26 Å². The fraction of sp³-hybridized carbons (Fsp3) is 0.900. The van der Waals surface area contributed by atoms with Gasteiger partial charge in [-0.1, -0.05) is 13.8 Å². The van der Waals surface area contributed by atoms with Crippen LogP contribution < -0.4 is 0 Å². The molecule has 0 aromatic heterocycles. The zero-order valence-corrected chi connectivity index (χ0v) is 9.29. The van der Waals surface area contributed by atoms with E-state index in [4.69, 9.17) is 10.00 Å². The van der Waals surface area contributed by atoms with E-state index in [0.717, 1.165) is 13.0 Å². The molecule has 0 aliphatic carbocycles. The Balaban J connectivity index is 0.000000671. The molecule has 1 saturated heterocycles. The van der Waals surface area contributed by atoms with Crippen LogP contribution in [0.1, 0.15) is 34.1 Å². The van der Waals surface area contributed by atoms with E-state index in [9.17, 15) is 0 Å². The molecule has 1 unspecified atom stereocenters. The van der Waals surface area contributed by atoms with Gasteiger partial charge in [-0.3, -0.25) is 0 Å². The lowest BCUT2D eigenvalue weighted by atomic mass is 10.0. The van der Waals surface area contributed by atoms with Gasteiger partial charge in [0.05, 0.1) is 12.6 Å². The topological polar surface area (TPSA) is 36.3 Å². The van der Waals surface area contributed by atoms with Crippen LogP contribution in [0.15, 0.2) is 0 Å². The lowest BCUT2D eigenvalue weighted by Gasteiger charge is -2.24. The number of hydrogen-bond donors (Lipinski definition) is 0. The second kappa shape index (κ2) is 5.08. The summed E-state index contributed by atoms with van der Waals surface area (Å²) in [6.07, 6.45) is 3.34. The van der Waals surface area contributed by atoms with Crippen LogP contribution in [0.25, 0.3) is 0 Å². The molecule has 0 radical (unpaired) electrons. The molecule has 0 saturated carbocycles. The summed E-state index contributed by atoms with van der Waals surface area (Å²) < 4.78 is 5.19. The van der Waals surface area contributed by atoms with Gasteiger partial charge in [-0.05, 0) is 20.3 Å². The molecule has 1 fully saturated rings. The number of ether oxygens (including phenoxy) is 1. The highest BCUT2D eigenvalue weighted by atomic mass is 16.5. The third-order valence-corrected chi connectivity index (χ3v) is 2.30. The maximum atomic E-state index is 8.74. The SMILES string of the molecule is CC.COC1CN(C#N)C(C)(C)C1. The van der Waals surface area contributed by atoms with Gasteiger partial charge in [0.25, 0.3) is 0 Å². The molecule has 0 aromatic rings. The van der Waals surface area contributed by atoms with Crippen LogP contribution in [0.2, 0.25) is 0 Å². The van der Waals surface area contributed by atoms with Crippen LogP contribution in [0, 0.1) is 11.5 Å². The first kappa shape index (κ1) is 12.2. The van der Waals surface area contributed by atoms with E-state index >= 15 is 0 Å². The zero-order valence-electron chi connectivity index (χ0n) is 9.29. The second-order valence-corrected chi connectivity index (χ2v) is 3.58. The minimum Gasteiger partial charge on any atom is -0.379 e. The zero-order chi connectivity index (χ0) is 10.5. The van der Waals surface area contributed by atoms with Crippen LogP contribution in [0.5, 0.6) is 0 Å². The Morgan fingerprint density at radius 1 is 1.46 bits per heavy atom. The van der Waals surface area contributed by atoms with E-state index in [0.29, 0.717) is 0 Å². The quantitative estimate of drug-likeness (QED) is 0.585. The number of methoxy groups -OCH3 is 1. The first-order chi connectivity index (χ1) is 6.10. The summed E-state index contributed by atoms with van der Waals surface area (Å²) in [6.45, 7) is 8.87. The average molecular weight is 184 g/mol. The van der Waals surface area contributed by atoms with E-state index in [-0.39, 0.29) is 11.6 Å². The summed E-state index contributed by atoms with van der Waals surface area (Å²) in [5.41, 5.74) is -0.0184. The molecule has 76 valence electrons. The molecule has 1 atom stereocenters. The molecule has 3 heteroatoms. The van der Waals surface area contributed by atoms with Crippen molar-refractivity contribution in [1.82, 2.24) is 4.90 Å². The van der Waals surface area contributed by atoms with Gasteiger partial charge in [0, 0.05) is 12.6 Å². The molecule has 0 bridgehead atoms. The van der Waals surface area contributed by atoms with Crippen molar-refractivity contribution < 1.29 is 4.74 Å². The molecule has 3 nitrogen and oxygen atoms in total. The van der Waals surface area contributed by atoms with Crippen LogP contribution in [0.4, 0.5) is 0 Å². The molecule has 1 heterocycles. The van der Waals surface area contributed by atoms with Crippen molar-refractivity contribution in [2.24, 2.45) is 0 Å². The van der Waals surface area contributed by atoms with Gasteiger partial charge < -0.3 is 9.64 Å². The molecule has 1 aliphatic heterocycles. The second-order valence-electron chi connectivity index (χ2n) is 3.58. The minimum absolute atomic E-state index is 0.0184. The normalized spacial score (nSPS) is 24.6. The summed E-state index contributed by atoms with van der Waals surface area (Å²) in [6, 6.07) is 0. The van der Waals surface area contributed by atoms with Crippen molar-refractivity contribution in [2.45, 2.75) is 45.8 Å². The maximum Gasteiger partial charge on any atom is 0.179 e. The first-order valence-corrected chi connectivity index (χ1v) is 4.80. The van der Waals surface area contributed by atoms with Crippen molar-refractivity contribution >= 4 is 0 Å². The number of rotatable bonds is 1. The van der Waals surface area contributed by atoms with Gasteiger partial charge in [-0.15, -0.1) is 0 Å². The van der Waals surface area contributed by atoms with Gasteiger partial charge in [0.2, 0.25) is 0 Å². The fourth-order valence-corrected chi connectivity index (χ4v) is 1.52. The molecule has 13 heavy (non-hydrogen) atoms. The monoisotopic (exact) mass is 184 g/mol. The Morgan fingerprint density at radius 3 is 2.23 bits per heavy atom. The predicted octanol–water partition coefficient (Wildman–Crippen LogP) is 1.99. The van der Waals surface area contributed by atoms with Gasteiger partial charge in [-0.25, -0.2) is 0 Å². The molecular formula is C10H20N2O. The highest BCUT2D eigenvalue weighted by Gasteiger charge is 2.37. The van der Waals surface area contributed by atoms with Crippen LogP contribution >= 0.6 is 0 Å². The molecule has 0 N–H and O–H groups in total. The van der Waals surface area contributed by atoms with Crippen LogP contribution in [-0.4, -0.2) is 30.2 Å². The summed E-state index contributed by atoms with van der Waals surface area (Å²) in [5.74, 6) is 0. The Hall–Kier alpha value is -0.750. The smallest absolute Gasteiger partial charge is 0.179 e. The molecular weight excluding hydrogens is 164 g/mol. The Bertz CT molecular complexity index is 184. The maximum absolute atomic E-state index is 8.74. The van der Waals surface area contributed by atoms with Crippen molar-refractivity contribution in [2.75, 3.05) is 13.7 Å². The number of nitriles is 1. The van der Waals surface area contributed by atoms with Crippen molar-refractivity contribution in [1.29, 1.82) is 5.26 Å². The van der Waals surface area contributed by atoms with Gasteiger partial charge in [0.1, 0.15) is 0 Å². The summed E-state index contributed by atoms with van der Waals surface area (Å²) in [5, 5.41) is 8.74. The molecule has 0 aromatic carbocycles. The Labute approximate surface area is 81.3 Å². The van der Waals surface area contributed by atoms with E-state index in [1.54, 1.807) is 12.0 Å². The van der Waals surface area contributed by atoms with E-state index in [1.165, 1.54) is 0 Å². The largest absolute Gasteiger partial charge is 0.379 e. The van der Waals surface area contributed by atoms with Crippen molar-refractivity contribution in [3.8, 4) is 6.19 Å². The summed E-state index contributed by atoms with van der Waals surface area (Å²) in [4.78, 5) is 1.78. The van der Waals surface area contributed by atoms with Gasteiger partial charge in [0.15, 0.2) is 6.19 Å². The molecule has 0 spiro atoms. The average Bonchev–Trinajstić information content (AvgIpc) is 2.43. The predicted molar refractivity (Wildman–Crippen MR) is 53.2 cm³/mol. The van der Waals surface area contributed by atoms with Crippen LogP contribution in [0.3, 0.4) is 0 Å². The third kappa shape index (κ3) is 2.89.